The number of hydrogen-bond acceptors (Lipinski definition) is 8. The van der Waals surface area contributed by atoms with Crippen LogP contribution in [0.5, 0.6) is 0 Å². The lowest BCUT2D eigenvalue weighted by Crippen LogP contribution is -2.40. The highest BCUT2D eigenvalue weighted by molar-refractivity contribution is 7.15. The second-order valence-electron chi connectivity index (χ2n) is 8.06. The minimum Gasteiger partial charge on any atom is -0.356 e. The summed E-state index contributed by atoms with van der Waals surface area (Å²) in [6.07, 6.45) is 6.97. The molecule has 8 nitrogen and oxygen atoms in total. The number of anilines is 4. The van der Waals surface area contributed by atoms with Gasteiger partial charge in [0.15, 0.2) is 11.6 Å². The number of aromatic nitrogens is 4. The van der Waals surface area contributed by atoms with E-state index < -0.39 is 0 Å². The molecule has 1 saturated carbocycles. The van der Waals surface area contributed by atoms with Crippen LogP contribution in [-0.4, -0.2) is 32.1 Å². The van der Waals surface area contributed by atoms with Gasteiger partial charge in [-0.05, 0) is 32.1 Å². The third-order valence-electron chi connectivity index (χ3n) is 5.22. The van der Waals surface area contributed by atoms with E-state index in [4.69, 9.17) is 0 Å². The third kappa shape index (κ3) is 4.09. The molecule has 2 aromatic rings. The van der Waals surface area contributed by atoms with E-state index in [1.165, 1.54) is 32.1 Å². The van der Waals surface area contributed by atoms with Crippen LogP contribution in [0.1, 0.15) is 69.1 Å². The van der Waals surface area contributed by atoms with Gasteiger partial charge in [0.1, 0.15) is 22.6 Å². The molecule has 0 spiro atoms. The second-order valence-corrected chi connectivity index (χ2v) is 9.07. The first-order valence-corrected chi connectivity index (χ1v) is 10.9. The second kappa shape index (κ2) is 7.98. The van der Waals surface area contributed by atoms with Gasteiger partial charge >= 0.3 is 0 Å². The van der Waals surface area contributed by atoms with Crippen molar-refractivity contribution in [3.05, 3.63) is 10.8 Å². The number of carbonyl (C=O) groups is 1. The van der Waals surface area contributed by atoms with Crippen LogP contribution >= 0.6 is 11.3 Å². The zero-order valence-corrected chi connectivity index (χ0v) is 17.4. The van der Waals surface area contributed by atoms with E-state index in [2.05, 4.69) is 50.0 Å². The Hall–Kier alpha value is -2.29. The van der Waals surface area contributed by atoms with Gasteiger partial charge in [0.05, 0.1) is 0 Å². The van der Waals surface area contributed by atoms with Crippen LogP contribution in [0.4, 0.5) is 22.5 Å². The largest absolute Gasteiger partial charge is 0.356 e. The van der Waals surface area contributed by atoms with Crippen molar-refractivity contribution in [2.75, 3.05) is 16.0 Å². The first-order chi connectivity index (χ1) is 13.5. The Labute approximate surface area is 169 Å². The number of nitrogens with one attached hydrogen (secondary N) is 3. The molecule has 0 saturated heterocycles. The number of aryl methyl sites for hydroxylation is 1. The maximum atomic E-state index is 12.5. The molecule has 0 bridgehead atoms. The van der Waals surface area contributed by atoms with E-state index >= 15 is 0 Å². The van der Waals surface area contributed by atoms with Gasteiger partial charge in [-0.3, -0.25) is 4.79 Å². The molecule has 150 valence electrons. The molecule has 2 aromatic heterocycles. The fraction of sp³-hybridized carbons (Fsp3) is 0.632. The Morgan fingerprint density at radius 3 is 2.71 bits per heavy atom. The predicted molar refractivity (Wildman–Crippen MR) is 111 cm³/mol. The molecule has 3 N–H and O–H groups in total. The summed E-state index contributed by atoms with van der Waals surface area (Å²) in [7, 11) is 0. The molecule has 2 aliphatic rings. The average Bonchev–Trinajstić information content (AvgIpc) is 3.12. The van der Waals surface area contributed by atoms with Crippen LogP contribution in [-0.2, 0) is 4.79 Å². The summed E-state index contributed by atoms with van der Waals surface area (Å²) in [5.41, 5.74) is 0.574. The van der Waals surface area contributed by atoms with Crippen molar-refractivity contribution in [3.63, 3.8) is 0 Å². The van der Waals surface area contributed by atoms with Crippen LogP contribution in [0.25, 0.3) is 0 Å². The molecule has 9 heteroatoms. The Kier molecular flexibility index (Phi) is 5.43. The number of rotatable bonds is 5. The number of nitrogens with zero attached hydrogens (tertiary/aromatic N) is 4. The highest BCUT2D eigenvalue weighted by Gasteiger charge is 2.30. The van der Waals surface area contributed by atoms with Crippen molar-refractivity contribution < 1.29 is 4.79 Å². The first kappa shape index (κ1) is 19.0. The van der Waals surface area contributed by atoms with Crippen molar-refractivity contribution in [1.82, 2.24) is 20.2 Å². The Balaban J connectivity index is 1.55. The van der Waals surface area contributed by atoms with Gasteiger partial charge in [-0.15, -0.1) is 10.2 Å². The Morgan fingerprint density at radius 2 is 1.96 bits per heavy atom. The van der Waals surface area contributed by atoms with E-state index in [-0.39, 0.29) is 11.9 Å². The zero-order valence-electron chi connectivity index (χ0n) is 16.6. The van der Waals surface area contributed by atoms with Crippen molar-refractivity contribution in [2.45, 2.75) is 71.3 Å². The fourth-order valence-corrected chi connectivity index (χ4v) is 4.78. The van der Waals surface area contributed by atoms with Crippen molar-refractivity contribution >= 4 is 39.7 Å². The molecular formula is C19H27N7OS. The van der Waals surface area contributed by atoms with Crippen LogP contribution in [0.2, 0.25) is 0 Å². The maximum absolute atomic E-state index is 12.5. The maximum Gasteiger partial charge on any atom is 0.247 e. The molecule has 1 amide bonds. The number of fused-ring (bicyclic) bond motifs is 1. The molecule has 0 aromatic carbocycles. The number of amides is 1. The molecule has 1 atom stereocenters. The quantitative estimate of drug-likeness (QED) is 0.689. The van der Waals surface area contributed by atoms with Gasteiger partial charge in [0.2, 0.25) is 11.0 Å². The molecular weight excluding hydrogens is 374 g/mol. The number of carbonyl (C=O) groups excluding carboxylic acids is 1. The predicted octanol–water partition coefficient (Wildman–Crippen LogP) is 4.21. The van der Waals surface area contributed by atoms with Gasteiger partial charge in [-0.2, -0.15) is 0 Å². The van der Waals surface area contributed by atoms with E-state index in [0.717, 1.165) is 11.4 Å². The summed E-state index contributed by atoms with van der Waals surface area (Å²) in [5, 5.41) is 20.0. The highest BCUT2D eigenvalue weighted by atomic mass is 32.1. The lowest BCUT2D eigenvalue weighted by atomic mass is 9.90. The summed E-state index contributed by atoms with van der Waals surface area (Å²) < 4.78 is 0. The fourth-order valence-electron chi connectivity index (χ4n) is 3.87. The number of hydrogen-bond donors (Lipinski definition) is 3. The van der Waals surface area contributed by atoms with E-state index in [1.54, 1.807) is 11.3 Å². The monoisotopic (exact) mass is 401 g/mol. The van der Waals surface area contributed by atoms with Gasteiger partial charge in [-0.1, -0.05) is 44.4 Å². The van der Waals surface area contributed by atoms with Crippen LogP contribution in [0.15, 0.2) is 0 Å². The molecule has 1 unspecified atom stereocenters. The molecule has 3 heterocycles. The van der Waals surface area contributed by atoms with E-state index in [9.17, 15) is 4.79 Å². The Morgan fingerprint density at radius 1 is 1.18 bits per heavy atom. The van der Waals surface area contributed by atoms with Crippen molar-refractivity contribution in [1.29, 1.82) is 0 Å². The summed E-state index contributed by atoms with van der Waals surface area (Å²) in [6.45, 7) is 6.04. The zero-order chi connectivity index (χ0) is 19.7. The van der Waals surface area contributed by atoms with Crippen LogP contribution < -0.4 is 16.0 Å². The van der Waals surface area contributed by atoms with Gasteiger partial charge in [0, 0.05) is 5.92 Å². The van der Waals surface area contributed by atoms with E-state index in [1.807, 2.05) is 6.92 Å². The van der Waals surface area contributed by atoms with Crippen LogP contribution in [0, 0.1) is 12.8 Å². The highest BCUT2D eigenvalue weighted by Crippen LogP contribution is 2.38. The topological polar surface area (TPSA) is 105 Å². The third-order valence-corrected chi connectivity index (χ3v) is 6.23. The molecule has 1 fully saturated rings. The van der Waals surface area contributed by atoms with Crippen LogP contribution in [0.3, 0.4) is 0 Å². The SMILES string of the molecule is Cc1nc(Nc2nnc(C3CCCCC3)s2)c2c(n1)NC(CC(C)C)C(=O)N2. The smallest absolute Gasteiger partial charge is 0.247 e. The minimum absolute atomic E-state index is 0.0585. The standard InChI is InChI=1S/C19H27N7OS/c1-10(2)9-13-17(27)23-14-15(22-13)20-11(3)21-16(14)24-19-26-25-18(28-19)12-7-5-4-6-8-12/h10,12-13H,4-9H2,1-3H3,(H,23,27)(H2,20,21,22,24,26). The van der Waals surface area contributed by atoms with Crippen molar-refractivity contribution in [2.24, 2.45) is 5.92 Å². The Bertz CT molecular complexity index is 860. The van der Waals surface area contributed by atoms with Gasteiger partial charge in [0.25, 0.3) is 0 Å². The van der Waals surface area contributed by atoms with Gasteiger partial charge < -0.3 is 16.0 Å². The lowest BCUT2D eigenvalue weighted by Gasteiger charge is -2.28. The molecule has 1 aliphatic carbocycles. The van der Waals surface area contributed by atoms with Crippen molar-refractivity contribution in [3.8, 4) is 0 Å². The molecule has 28 heavy (non-hydrogen) atoms. The summed E-state index contributed by atoms with van der Waals surface area (Å²) in [4.78, 5) is 21.5. The molecule has 1 aliphatic heterocycles. The first-order valence-electron chi connectivity index (χ1n) is 10.1. The summed E-state index contributed by atoms with van der Waals surface area (Å²) in [6, 6.07) is -0.283. The molecule has 0 radical (unpaired) electrons. The average molecular weight is 402 g/mol. The normalized spacial score (nSPS) is 19.9. The van der Waals surface area contributed by atoms with E-state index in [0.29, 0.717) is 40.1 Å². The minimum atomic E-state index is -0.283. The lowest BCUT2D eigenvalue weighted by molar-refractivity contribution is -0.117. The summed E-state index contributed by atoms with van der Waals surface area (Å²) >= 11 is 1.57. The summed E-state index contributed by atoms with van der Waals surface area (Å²) in [5.74, 6) is 2.70. The van der Waals surface area contributed by atoms with Gasteiger partial charge in [-0.25, -0.2) is 9.97 Å². The molecule has 4 rings (SSSR count).